The monoisotopic (exact) mass is 361 g/mol. The third-order valence-corrected chi connectivity index (χ3v) is 3.94. The highest BCUT2D eigenvalue weighted by molar-refractivity contribution is 6.03. The van der Waals surface area contributed by atoms with E-state index in [1.54, 1.807) is 20.8 Å². The van der Waals surface area contributed by atoms with Gasteiger partial charge in [0.1, 0.15) is 6.04 Å². The first-order chi connectivity index (χ1) is 11.9. The Balaban J connectivity index is 2.73. The van der Waals surface area contributed by atoms with Crippen LogP contribution in [0.5, 0.6) is 0 Å². The summed E-state index contributed by atoms with van der Waals surface area (Å²) in [6.07, 6.45) is 0. The summed E-state index contributed by atoms with van der Waals surface area (Å²) >= 11 is 0. The second-order valence-electron chi connectivity index (χ2n) is 6.95. The van der Waals surface area contributed by atoms with Crippen molar-refractivity contribution < 1.29 is 24.4 Å². The second kappa shape index (κ2) is 6.58. The fourth-order valence-corrected chi connectivity index (χ4v) is 2.71. The molecule has 1 atom stereocenters. The Morgan fingerprint density at radius 3 is 2.42 bits per heavy atom. The molecule has 0 spiro atoms. The number of rotatable bonds is 3. The maximum atomic E-state index is 12.8. The molecule has 0 saturated heterocycles. The number of imide groups is 1. The minimum absolute atomic E-state index is 0.0805. The molecule has 1 aliphatic rings. The summed E-state index contributed by atoms with van der Waals surface area (Å²) in [4.78, 5) is 48.4. The van der Waals surface area contributed by atoms with Gasteiger partial charge in [-0.1, -0.05) is 32.9 Å². The molecular weight excluding hydrogens is 342 g/mol. The van der Waals surface area contributed by atoms with Gasteiger partial charge in [-0.15, -0.1) is 0 Å². The quantitative estimate of drug-likeness (QED) is 0.628. The predicted molar refractivity (Wildman–Crippen MR) is 91.0 cm³/mol. The number of carbonyl (C=O) groups is 3. The number of nitrogens with zero attached hydrogens (tertiary/aromatic N) is 2. The van der Waals surface area contributed by atoms with E-state index in [0.29, 0.717) is 0 Å². The van der Waals surface area contributed by atoms with Crippen molar-refractivity contribution in [3.8, 4) is 0 Å². The molecule has 138 valence electrons. The zero-order chi connectivity index (χ0) is 19.8. The van der Waals surface area contributed by atoms with E-state index in [1.165, 1.54) is 31.2 Å². The van der Waals surface area contributed by atoms with Crippen molar-refractivity contribution in [1.29, 1.82) is 0 Å². The number of hydrogen-bond donors (Lipinski definition) is 2. The van der Waals surface area contributed by atoms with Crippen LogP contribution in [0.3, 0.4) is 0 Å². The lowest BCUT2D eigenvalue weighted by Gasteiger charge is -2.38. The number of carboxylic acids is 1. The van der Waals surface area contributed by atoms with Gasteiger partial charge in [0.25, 0.3) is 5.69 Å². The molecule has 0 aliphatic carbocycles. The SMILES string of the molecule is CC1=C(C(=O)O)C(c2cccc([N+](=O)[O-])c2)N(C(=O)C(C)(C)C)C(=O)N1. The highest BCUT2D eigenvalue weighted by Crippen LogP contribution is 2.37. The molecule has 1 aromatic rings. The van der Waals surface area contributed by atoms with Gasteiger partial charge in [-0.3, -0.25) is 19.8 Å². The average molecular weight is 361 g/mol. The van der Waals surface area contributed by atoms with Crippen LogP contribution in [0.2, 0.25) is 0 Å². The van der Waals surface area contributed by atoms with Crippen LogP contribution in [0.25, 0.3) is 0 Å². The number of nitrogens with one attached hydrogen (secondary N) is 1. The molecule has 1 aliphatic heterocycles. The highest BCUT2D eigenvalue weighted by Gasteiger charge is 2.44. The summed E-state index contributed by atoms with van der Waals surface area (Å²) in [6.45, 7) is 6.20. The van der Waals surface area contributed by atoms with Crippen LogP contribution in [0.1, 0.15) is 39.3 Å². The topological polar surface area (TPSA) is 130 Å². The molecule has 2 rings (SSSR count). The molecule has 3 amide bonds. The van der Waals surface area contributed by atoms with E-state index in [0.717, 1.165) is 4.90 Å². The number of carboxylic acid groups (broad SMARTS) is 1. The first-order valence-electron chi connectivity index (χ1n) is 7.78. The van der Waals surface area contributed by atoms with Crippen molar-refractivity contribution in [3.63, 3.8) is 0 Å². The van der Waals surface area contributed by atoms with Crippen molar-refractivity contribution >= 4 is 23.6 Å². The van der Waals surface area contributed by atoms with Crippen LogP contribution in [0, 0.1) is 15.5 Å². The van der Waals surface area contributed by atoms with Gasteiger partial charge in [0, 0.05) is 23.2 Å². The van der Waals surface area contributed by atoms with Gasteiger partial charge in [-0.2, -0.15) is 0 Å². The molecular formula is C17H19N3O6. The van der Waals surface area contributed by atoms with E-state index in [-0.39, 0.29) is 22.5 Å². The number of urea groups is 1. The second-order valence-corrected chi connectivity index (χ2v) is 6.95. The molecule has 2 N–H and O–H groups in total. The summed E-state index contributed by atoms with van der Waals surface area (Å²) in [5.74, 6) is -1.93. The van der Waals surface area contributed by atoms with Crippen molar-refractivity contribution in [2.24, 2.45) is 5.41 Å². The van der Waals surface area contributed by atoms with Crippen molar-refractivity contribution in [2.45, 2.75) is 33.7 Å². The fraction of sp³-hybridized carbons (Fsp3) is 0.353. The van der Waals surface area contributed by atoms with Crippen molar-refractivity contribution in [2.75, 3.05) is 0 Å². The molecule has 0 fully saturated rings. The Bertz CT molecular complexity index is 837. The number of allylic oxidation sites excluding steroid dienone is 1. The van der Waals surface area contributed by atoms with E-state index in [1.807, 2.05) is 0 Å². The predicted octanol–water partition coefficient (Wildman–Crippen LogP) is 2.59. The number of non-ortho nitro benzene ring substituents is 1. The molecule has 0 aromatic heterocycles. The number of nitro benzene ring substituents is 1. The Labute approximate surface area is 149 Å². The van der Waals surface area contributed by atoms with Gasteiger partial charge >= 0.3 is 12.0 Å². The molecule has 1 aromatic carbocycles. The lowest BCUT2D eigenvalue weighted by Crippen LogP contribution is -2.54. The summed E-state index contributed by atoms with van der Waals surface area (Å²) < 4.78 is 0. The molecule has 1 heterocycles. The Morgan fingerprint density at radius 2 is 1.92 bits per heavy atom. The van der Waals surface area contributed by atoms with Crippen LogP contribution in [0.4, 0.5) is 10.5 Å². The van der Waals surface area contributed by atoms with Gasteiger partial charge < -0.3 is 10.4 Å². The number of benzene rings is 1. The normalized spacial score (nSPS) is 17.8. The zero-order valence-corrected chi connectivity index (χ0v) is 14.8. The summed E-state index contributed by atoms with van der Waals surface area (Å²) in [5.41, 5.74) is -1.20. The van der Waals surface area contributed by atoms with Gasteiger partial charge in [-0.05, 0) is 12.5 Å². The zero-order valence-electron chi connectivity index (χ0n) is 14.8. The van der Waals surface area contributed by atoms with Gasteiger partial charge in [0.05, 0.1) is 10.5 Å². The molecule has 9 heteroatoms. The number of carbonyl (C=O) groups excluding carboxylic acids is 2. The average Bonchev–Trinajstić information content (AvgIpc) is 2.52. The number of hydrogen-bond acceptors (Lipinski definition) is 5. The standard InChI is InChI=1S/C17H19N3O6/c1-9-12(14(21)22)13(10-6-5-7-11(8-10)20(25)26)19(16(24)18-9)15(23)17(2,3)4/h5-8,13H,1-4H3,(H,18,24)(H,21,22). The summed E-state index contributed by atoms with van der Waals surface area (Å²) in [5, 5.41) is 23.1. The molecule has 0 bridgehead atoms. The summed E-state index contributed by atoms with van der Waals surface area (Å²) in [6, 6.07) is 3.21. The maximum Gasteiger partial charge on any atom is 0.335 e. The van der Waals surface area contributed by atoms with Gasteiger partial charge in [0.2, 0.25) is 5.91 Å². The van der Waals surface area contributed by atoms with Crippen LogP contribution in [-0.2, 0) is 9.59 Å². The highest BCUT2D eigenvalue weighted by atomic mass is 16.6. The molecule has 1 unspecified atom stereocenters. The third kappa shape index (κ3) is 3.41. The largest absolute Gasteiger partial charge is 0.478 e. The minimum Gasteiger partial charge on any atom is -0.478 e. The van der Waals surface area contributed by atoms with Crippen LogP contribution in [-0.4, -0.2) is 32.8 Å². The van der Waals surface area contributed by atoms with Crippen molar-refractivity contribution in [3.05, 3.63) is 51.2 Å². The van der Waals surface area contributed by atoms with Crippen molar-refractivity contribution in [1.82, 2.24) is 10.2 Å². The Hall–Kier alpha value is -3.23. The maximum absolute atomic E-state index is 12.8. The molecule has 26 heavy (non-hydrogen) atoms. The number of nitro groups is 1. The molecule has 0 saturated carbocycles. The van der Waals surface area contributed by atoms with E-state index < -0.39 is 34.3 Å². The smallest absolute Gasteiger partial charge is 0.335 e. The molecule has 0 radical (unpaired) electrons. The van der Waals surface area contributed by atoms with E-state index in [4.69, 9.17) is 0 Å². The first-order valence-corrected chi connectivity index (χ1v) is 7.78. The number of aliphatic carboxylic acids is 1. The van der Waals surface area contributed by atoms with Gasteiger partial charge in [-0.25, -0.2) is 9.59 Å². The van der Waals surface area contributed by atoms with Crippen LogP contribution < -0.4 is 5.32 Å². The molecule has 9 nitrogen and oxygen atoms in total. The first kappa shape index (κ1) is 19.1. The van der Waals surface area contributed by atoms with E-state index >= 15 is 0 Å². The minimum atomic E-state index is -1.33. The lowest BCUT2D eigenvalue weighted by molar-refractivity contribution is -0.384. The Kier molecular flexibility index (Phi) is 4.84. The van der Waals surface area contributed by atoms with Gasteiger partial charge in [0.15, 0.2) is 0 Å². The van der Waals surface area contributed by atoms with E-state index in [2.05, 4.69) is 5.32 Å². The van der Waals surface area contributed by atoms with Crippen LogP contribution in [0.15, 0.2) is 35.5 Å². The van der Waals surface area contributed by atoms with Crippen LogP contribution >= 0.6 is 0 Å². The summed E-state index contributed by atoms with van der Waals surface area (Å²) in [7, 11) is 0. The van der Waals surface area contributed by atoms with E-state index in [9.17, 15) is 29.6 Å². The third-order valence-electron chi connectivity index (χ3n) is 3.94. The Morgan fingerprint density at radius 1 is 1.31 bits per heavy atom. The number of amides is 3. The lowest BCUT2D eigenvalue weighted by atomic mass is 9.89. The fourth-order valence-electron chi connectivity index (χ4n) is 2.71.